The maximum Gasteiger partial charge on any atom is 0.410 e. The first-order chi connectivity index (χ1) is 18.5. The lowest BCUT2D eigenvalue weighted by Crippen LogP contribution is -2.53. The van der Waals surface area contributed by atoms with Crippen molar-refractivity contribution >= 4 is 12.0 Å². The van der Waals surface area contributed by atoms with Crippen molar-refractivity contribution in [3.05, 3.63) is 11.7 Å². The minimum atomic E-state index is -3.09. The molecule has 0 unspecified atom stereocenters. The van der Waals surface area contributed by atoms with E-state index in [1.807, 2.05) is 6.92 Å². The van der Waals surface area contributed by atoms with Crippen LogP contribution in [0.1, 0.15) is 83.3 Å². The summed E-state index contributed by atoms with van der Waals surface area (Å²) in [5, 5.41) is 4.07. The van der Waals surface area contributed by atoms with Gasteiger partial charge >= 0.3 is 6.09 Å². The minimum absolute atomic E-state index is 0.246. The van der Waals surface area contributed by atoms with Crippen molar-refractivity contribution in [1.29, 1.82) is 0 Å². The summed E-state index contributed by atoms with van der Waals surface area (Å²) in [6.45, 7) is 9.34. The predicted octanol–water partition coefficient (Wildman–Crippen LogP) is 4.13. The van der Waals surface area contributed by atoms with Crippen LogP contribution in [0.4, 0.5) is 18.0 Å². The molecular weight excluding hydrogens is 515 g/mol. The summed E-state index contributed by atoms with van der Waals surface area (Å²) < 4.78 is 54.5. The molecule has 0 N–H and O–H groups in total. The third kappa shape index (κ3) is 6.05. The molecular formula is C27H40F3N5O4. The molecule has 3 heterocycles. The van der Waals surface area contributed by atoms with E-state index < -0.39 is 35.6 Å². The van der Waals surface area contributed by atoms with E-state index in [0.29, 0.717) is 82.7 Å². The highest BCUT2D eigenvalue weighted by Gasteiger charge is 2.51. The van der Waals surface area contributed by atoms with E-state index in [2.05, 4.69) is 28.9 Å². The van der Waals surface area contributed by atoms with Gasteiger partial charge in [-0.15, -0.1) is 0 Å². The standard InChI is InChI=1S/C27H40F3N5O4/c1-17(2)33-11-13-35(14-12-33)25(37)38-21-5-4-6-27(29,30)19(21)16-22(36)34-9-7-26(3,8-10-34)24-31-23(39-32-24)18-15-20(18)28/h17-21H,4-16H2,1-3H3/t18-,19-,20+,21+/m1/s1. The molecule has 0 aromatic carbocycles. The number of halogens is 3. The molecule has 0 radical (unpaired) electrons. The van der Waals surface area contributed by atoms with Crippen molar-refractivity contribution < 1.29 is 32.0 Å². The van der Waals surface area contributed by atoms with Gasteiger partial charge in [-0.1, -0.05) is 12.1 Å². The van der Waals surface area contributed by atoms with Crippen LogP contribution in [0.5, 0.6) is 0 Å². The van der Waals surface area contributed by atoms with Crippen LogP contribution in [0.25, 0.3) is 0 Å². The molecule has 2 aliphatic carbocycles. The number of nitrogens with zero attached hydrogens (tertiary/aromatic N) is 5. The summed E-state index contributed by atoms with van der Waals surface area (Å²) in [4.78, 5) is 35.9. The molecule has 9 nitrogen and oxygen atoms in total. The summed E-state index contributed by atoms with van der Waals surface area (Å²) in [6, 6.07) is 0.375. The van der Waals surface area contributed by atoms with Crippen molar-refractivity contribution in [2.24, 2.45) is 5.92 Å². The minimum Gasteiger partial charge on any atom is -0.446 e. The highest BCUT2D eigenvalue weighted by molar-refractivity contribution is 5.77. The fourth-order valence-electron chi connectivity index (χ4n) is 6.09. The summed E-state index contributed by atoms with van der Waals surface area (Å²) in [7, 11) is 0. The summed E-state index contributed by atoms with van der Waals surface area (Å²) >= 11 is 0. The molecule has 218 valence electrons. The van der Waals surface area contributed by atoms with Crippen LogP contribution in [-0.2, 0) is 14.9 Å². The molecule has 2 saturated heterocycles. The van der Waals surface area contributed by atoms with E-state index in [0.717, 1.165) is 0 Å². The molecule has 2 aliphatic heterocycles. The first-order valence-corrected chi connectivity index (χ1v) is 14.3. The van der Waals surface area contributed by atoms with Gasteiger partial charge in [0, 0.05) is 63.6 Å². The lowest BCUT2D eigenvalue weighted by Gasteiger charge is -2.41. The lowest BCUT2D eigenvalue weighted by atomic mass is 9.78. The fourth-order valence-corrected chi connectivity index (χ4v) is 6.09. The largest absolute Gasteiger partial charge is 0.446 e. The Morgan fingerprint density at radius 3 is 2.36 bits per heavy atom. The number of piperazine rings is 1. The first-order valence-electron chi connectivity index (χ1n) is 14.3. The number of piperidine rings is 1. The summed E-state index contributed by atoms with van der Waals surface area (Å²) in [6.07, 6.45) is -1.12. The molecule has 2 saturated carbocycles. The van der Waals surface area contributed by atoms with Crippen molar-refractivity contribution in [1.82, 2.24) is 24.8 Å². The Hall–Kier alpha value is -2.37. The highest BCUT2D eigenvalue weighted by atomic mass is 19.3. The van der Waals surface area contributed by atoms with Crippen LogP contribution in [0.3, 0.4) is 0 Å². The van der Waals surface area contributed by atoms with Crippen LogP contribution >= 0.6 is 0 Å². The second-order valence-corrected chi connectivity index (χ2v) is 12.3. The molecule has 4 aliphatic rings. The third-order valence-electron chi connectivity index (χ3n) is 9.17. The third-order valence-corrected chi connectivity index (χ3v) is 9.17. The van der Waals surface area contributed by atoms with Crippen LogP contribution in [0.15, 0.2) is 4.52 Å². The fraction of sp³-hybridized carbons (Fsp3) is 0.852. The average molecular weight is 556 g/mol. The van der Waals surface area contributed by atoms with Crippen molar-refractivity contribution in [3.63, 3.8) is 0 Å². The van der Waals surface area contributed by atoms with Gasteiger partial charge in [0.15, 0.2) is 5.82 Å². The molecule has 0 bridgehead atoms. The zero-order valence-electron chi connectivity index (χ0n) is 23.1. The zero-order chi connectivity index (χ0) is 27.9. The summed E-state index contributed by atoms with van der Waals surface area (Å²) in [5.41, 5.74) is -0.439. The zero-order valence-corrected chi connectivity index (χ0v) is 23.1. The van der Waals surface area contributed by atoms with Gasteiger partial charge in [0.2, 0.25) is 11.8 Å². The van der Waals surface area contributed by atoms with E-state index in [9.17, 15) is 14.0 Å². The van der Waals surface area contributed by atoms with Crippen LogP contribution in [0, 0.1) is 5.92 Å². The molecule has 12 heteroatoms. The number of hydrogen-bond acceptors (Lipinski definition) is 7. The smallest absolute Gasteiger partial charge is 0.410 e. The molecule has 5 rings (SSSR count). The molecule has 39 heavy (non-hydrogen) atoms. The molecule has 1 aromatic rings. The van der Waals surface area contributed by atoms with Crippen molar-refractivity contribution in [2.75, 3.05) is 39.3 Å². The molecule has 4 atom stereocenters. The molecule has 0 spiro atoms. The quantitative estimate of drug-likeness (QED) is 0.521. The van der Waals surface area contributed by atoms with E-state index in [1.165, 1.54) is 0 Å². The van der Waals surface area contributed by atoms with Crippen LogP contribution in [0.2, 0.25) is 0 Å². The lowest BCUT2D eigenvalue weighted by molar-refractivity contribution is -0.157. The Bertz CT molecular complexity index is 1040. The number of likely N-dealkylation sites (tertiary alicyclic amines) is 1. The van der Waals surface area contributed by atoms with Gasteiger partial charge in [0.05, 0.1) is 11.8 Å². The monoisotopic (exact) mass is 555 g/mol. The van der Waals surface area contributed by atoms with Gasteiger partial charge in [-0.3, -0.25) is 9.69 Å². The number of aromatic nitrogens is 2. The van der Waals surface area contributed by atoms with Gasteiger partial charge in [-0.25, -0.2) is 18.0 Å². The SMILES string of the molecule is CC(C)N1CCN(C(=O)O[C@H]2CCCC(F)(F)[C@@H]2CC(=O)N2CCC(C)(c3noc([C@@H]4C[C@@H]4F)n3)CC2)CC1. The van der Waals surface area contributed by atoms with Gasteiger partial charge in [0.25, 0.3) is 5.92 Å². The van der Waals surface area contributed by atoms with E-state index in [4.69, 9.17) is 9.26 Å². The second kappa shape index (κ2) is 10.9. The maximum absolute atomic E-state index is 15.1. The molecule has 2 amide bonds. The van der Waals surface area contributed by atoms with Gasteiger partial charge < -0.3 is 19.1 Å². The maximum atomic E-state index is 15.1. The van der Waals surface area contributed by atoms with Gasteiger partial charge in [-0.2, -0.15) is 4.98 Å². The topological polar surface area (TPSA) is 92.0 Å². The van der Waals surface area contributed by atoms with E-state index in [1.54, 1.807) is 9.80 Å². The van der Waals surface area contributed by atoms with E-state index in [-0.39, 0.29) is 31.1 Å². The van der Waals surface area contributed by atoms with Crippen LogP contribution in [-0.4, -0.2) is 100 Å². The number of rotatable bonds is 6. The Morgan fingerprint density at radius 2 is 1.74 bits per heavy atom. The predicted molar refractivity (Wildman–Crippen MR) is 135 cm³/mol. The first kappa shape index (κ1) is 28.2. The van der Waals surface area contributed by atoms with Crippen LogP contribution < -0.4 is 0 Å². The van der Waals surface area contributed by atoms with E-state index >= 15 is 8.78 Å². The van der Waals surface area contributed by atoms with Gasteiger partial charge in [-0.05, 0) is 46.0 Å². The number of amides is 2. The average Bonchev–Trinajstić information content (AvgIpc) is 3.41. The number of carbonyl (C=O) groups is 2. The Kier molecular flexibility index (Phi) is 7.87. The Balaban J connectivity index is 1.17. The normalized spacial score (nSPS) is 30.8. The highest BCUT2D eigenvalue weighted by Crippen LogP contribution is 2.45. The number of ether oxygens (including phenoxy) is 1. The molecule has 4 fully saturated rings. The molecule has 1 aromatic heterocycles. The number of hydrogen-bond donors (Lipinski definition) is 0. The number of alkyl halides is 3. The van der Waals surface area contributed by atoms with Crippen molar-refractivity contribution in [2.45, 2.75) is 101 Å². The number of carbonyl (C=O) groups excluding carboxylic acids is 2. The van der Waals surface area contributed by atoms with Gasteiger partial charge in [0.1, 0.15) is 12.3 Å². The van der Waals surface area contributed by atoms with Crippen molar-refractivity contribution in [3.8, 4) is 0 Å². The second-order valence-electron chi connectivity index (χ2n) is 12.3. The Labute approximate surface area is 227 Å². The Morgan fingerprint density at radius 1 is 1.08 bits per heavy atom. The summed E-state index contributed by atoms with van der Waals surface area (Å²) in [5.74, 6) is -4.29.